The Balaban J connectivity index is 2.26. The summed E-state index contributed by atoms with van der Waals surface area (Å²) in [4.78, 5) is 0. The fourth-order valence-electron chi connectivity index (χ4n) is 3.35. The summed E-state index contributed by atoms with van der Waals surface area (Å²) in [5, 5.41) is 9.36. The Hall–Kier alpha value is -1.26. The molecule has 158 valence electrons. The number of hydrogen-bond acceptors (Lipinski definition) is 3. The molecule has 28 heavy (non-hydrogen) atoms. The molecule has 2 rings (SSSR count). The lowest BCUT2D eigenvalue weighted by atomic mass is 9.87. The van der Waals surface area contributed by atoms with Gasteiger partial charge in [0.2, 0.25) is 8.32 Å². The van der Waals surface area contributed by atoms with Gasteiger partial charge in [-0.15, -0.1) is 0 Å². The van der Waals surface area contributed by atoms with Crippen LogP contribution >= 0.6 is 0 Å². The summed E-state index contributed by atoms with van der Waals surface area (Å²) in [5.74, 6) is 2.09. The third-order valence-electron chi connectivity index (χ3n) is 6.73. The molecule has 1 unspecified atom stereocenters. The maximum absolute atomic E-state index is 9.18. The van der Waals surface area contributed by atoms with Crippen LogP contribution in [-0.2, 0) is 6.42 Å². The van der Waals surface area contributed by atoms with Crippen molar-refractivity contribution in [3.63, 3.8) is 0 Å². The van der Waals surface area contributed by atoms with Gasteiger partial charge >= 0.3 is 0 Å². The molecule has 0 saturated heterocycles. The van der Waals surface area contributed by atoms with Gasteiger partial charge in [-0.1, -0.05) is 32.4 Å². The predicted octanol–water partition coefficient (Wildman–Crippen LogP) is 6.49. The Morgan fingerprint density at radius 1 is 1.29 bits per heavy atom. The lowest BCUT2D eigenvalue weighted by Crippen LogP contribution is -2.44. The SMILES string of the molecule is C/C(=C\CCC1(C)CCc2cc(O[Si](C)(C)C(C)(C)C)c(C)c(C)c2O1)CO. The van der Waals surface area contributed by atoms with Gasteiger partial charge in [0.1, 0.15) is 17.1 Å². The highest BCUT2D eigenvalue weighted by Crippen LogP contribution is 2.44. The normalized spacial score (nSPS) is 20.6. The van der Waals surface area contributed by atoms with Gasteiger partial charge in [-0.25, -0.2) is 0 Å². The molecule has 1 N–H and O–H groups in total. The average molecular weight is 405 g/mol. The molecule has 4 heteroatoms. The third kappa shape index (κ3) is 5.01. The molecule has 0 saturated carbocycles. The van der Waals surface area contributed by atoms with Gasteiger partial charge in [0.05, 0.1) is 6.61 Å². The summed E-state index contributed by atoms with van der Waals surface area (Å²) in [6, 6.07) is 2.23. The Morgan fingerprint density at radius 2 is 1.93 bits per heavy atom. The number of aryl methyl sites for hydroxylation is 1. The van der Waals surface area contributed by atoms with Crippen LogP contribution in [0.4, 0.5) is 0 Å². The largest absolute Gasteiger partial charge is 0.543 e. The molecule has 0 radical (unpaired) electrons. The van der Waals surface area contributed by atoms with E-state index in [1.54, 1.807) is 0 Å². The van der Waals surface area contributed by atoms with Gasteiger partial charge in [-0.05, 0) is 94.3 Å². The van der Waals surface area contributed by atoms with E-state index in [1.807, 2.05) is 6.92 Å². The Bertz CT molecular complexity index is 743. The summed E-state index contributed by atoms with van der Waals surface area (Å²) in [6.07, 6.45) is 6.04. The van der Waals surface area contributed by atoms with E-state index in [9.17, 15) is 5.11 Å². The standard InChI is InChI=1S/C24H40O3Si/c1-17(16-25)11-10-13-24(7)14-12-20-15-21(18(2)19(3)22(20)26-24)27-28(8,9)23(4,5)6/h11,15,25H,10,12-14,16H2,1-9H3/b17-11+. The van der Waals surface area contributed by atoms with Crippen molar-refractivity contribution in [2.24, 2.45) is 0 Å². The van der Waals surface area contributed by atoms with Crippen LogP contribution in [0.15, 0.2) is 17.7 Å². The molecular weight excluding hydrogens is 364 g/mol. The van der Waals surface area contributed by atoms with Crippen molar-refractivity contribution in [2.75, 3.05) is 6.61 Å². The van der Waals surface area contributed by atoms with E-state index in [0.717, 1.165) is 42.8 Å². The van der Waals surface area contributed by atoms with Crippen molar-refractivity contribution < 1.29 is 14.3 Å². The summed E-state index contributed by atoms with van der Waals surface area (Å²) in [7, 11) is -1.87. The lowest BCUT2D eigenvalue weighted by molar-refractivity contribution is 0.0561. The maximum Gasteiger partial charge on any atom is 0.250 e. The minimum absolute atomic E-state index is 0.135. The average Bonchev–Trinajstić information content (AvgIpc) is 2.59. The first-order chi connectivity index (χ1) is 12.8. The fourth-order valence-corrected chi connectivity index (χ4v) is 4.42. The molecule has 3 nitrogen and oxygen atoms in total. The Labute approximate surface area is 173 Å². The number of ether oxygens (including phenoxy) is 1. The Kier molecular flexibility index (Phi) is 6.77. The van der Waals surface area contributed by atoms with Crippen molar-refractivity contribution in [3.8, 4) is 11.5 Å². The molecule has 1 heterocycles. The van der Waals surface area contributed by atoms with Crippen molar-refractivity contribution in [2.45, 2.75) is 97.9 Å². The predicted molar refractivity (Wildman–Crippen MR) is 121 cm³/mol. The van der Waals surface area contributed by atoms with E-state index in [-0.39, 0.29) is 17.2 Å². The molecule has 0 aliphatic carbocycles. The topological polar surface area (TPSA) is 38.7 Å². The zero-order valence-electron chi connectivity index (χ0n) is 19.5. The molecule has 0 spiro atoms. The monoisotopic (exact) mass is 404 g/mol. The van der Waals surface area contributed by atoms with Crippen molar-refractivity contribution in [1.82, 2.24) is 0 Å². The van der Waals surface area contributed by atoms with Gasteiger partial charge in [0.25, 0.3) is 0 Å². The van der Waals surface area contributed by atoms with Crippen LogP contribution < -0.4 is 9.16 Å². The van der Waals surface area contributed by atoms with Crippen molar-refractivity contribution >= 4 is 8.32 Å². The summed E-state index contributed by atoms with van der Waals surface area (Å²) >= 11 is 0. The van der Waals surface area contributed by atoms with E-state index in [0.29, 0.717) is 0 Å². The molecular formula is C24H40O3Si. The van der Waals surface area contributed by atoms with E-state index in [2.05, 4.69) is 66.8 Å². The number of aliphatic hydroxyl groups excluding tert-OH is 1. The van der Waals surface area contributed by atoms with Crippen molar-refractivity contribution in [3.05, 3.63) is 34.4 Å². The Morgan fingerprint density at radius 3 is 2.50 bits per heavy atom. The van der Waals surface area contributed by atoms with Gasteiger partial charge in [-0.2, -0.15) is 0 Å². The van der Waals surface area contributed by atoms with Gasteiger partial charge < -0.3 is 14.3 Å². The van der Waals surface area contributed by atoms with Crippen LogP contribution in [0.1, 0.15) is 70.6 Å². The number of benzene rings is 1. The van der Waals surface area contributed by atoms with E-state index < -0.39 is 8.32 Å². The van der Waals surface area contributed by atoms with Crippen LogP contribution in [-0.4, -0.2) is 25.6 Å². The molecule has 0 amide bonds. The van der Waals surface area contributed by atoms with E-state index in [1.165, 1.54) is 16.7 Å². The molecule has 1 aromatic carbocycles. The van der Waals surface area contributed by atoms with Crippen LogP contribution in [0.3, 0.4) is 0 Å². The number of allylic oxidation sites excluding steroid dienone is 1. The smallest absolute Gasteiger partial charge is 0.250 e. The van der Waals surface area contributed by atoms with Crippen LogP contribution in [0, 0.1) is 13.8 Å². The highest BCUT2D eigenvalue weighted by Gasteiger charge is 2.40. The number of fused-ring (bicyclic) bond motifs is 1. The van der Waals surface area contributed by atoms with E-state index >= 15 is 0 Å². The zero-order valence-corrected chi connectivity index (χ0v) is 20.5. The highest BCUT2D eigenvalue weighted by molar-refractivity contribution is 6.74. The minimum atomic E-state index is -1.87. The maximum atomic E-state index is 9.18. The number of hydrogen-bond donors (Lipinski definition) is 1. The van der Waals surface area contributed by atoms with Crippen LogP contribution in [0.5, 0.6) is 11.5 Å². The molecule has 1 aromatic rings. The second kappa shape index (κ2) is 8.23. The first-order valence-corrected chi connectivity index (χ1v) is 13.5. The first kappa shape index (κ1) is 23.0. The second-order valence-electron chi connectivity index (χ2n) is 10.3. The molecule has 0 bridgehead atoms. The van der Waals surface area contributed by atoms with Crippen LogP contribution in [0.2, 0.25) is 18.1 Å². The third-order valence-corrected chi connectivity index (χ3v) is 11.1. The van der Waals surface area contributed by atoms with Gasteiger partial charge in [0, 0.05) is 0 Å². The van der Waals surface area contributed by atoms with Gasteiger partial charge in [0.15, 0.2) is 0 Å². The zero-order chi connectivity index (χ0) is 21.3. The molecule has 1 aliphatic heterocycles. The molecule has 1 aliphatic rings. The second-order valence-corrected chi connectivity index (χ2v) is 15.0. The lowest BCUT2D eigenvalue weighted by Gasteiger charge is -2.39. The number of aliphatic hydroxyl groups is 1. The summed E-state index contributed by atoms with van der Waals surface area (Å²) < 4.78 is 13.2. The van der Waals surface area contributed by atoms with Gasteiger partial charge in [-0.3, -0.25) is 0 Å². The quantitative estimate of drug-likeness (QED) is 0.435. The molecule has 0 aromatic heterocycles. The minimum Gasteiger partial charge on any atom is -0.543 e. The summed E-state index contributed by atoms with van der Waals surface area (Å²) in [5.41, 5.74) is 4.55. The summed E-state index contributed by atoms with van der Waals surface area (Å²) in [6.45, 7) is 20.1. The number of rotatable bonds is 6. The molecule has 1 atom stereocenters. The highest BCUT2D eigenvalue weighted by atomic mass is 28.4. The first-order valence-electron chi connectivity index (χ1n) is 10.6. The molecule has 0 fully saturated rings. The van der Waals surface area contributed by atoms with E-state index in [4.69, 9.17) is 9.16 Å². The van der Waals surface area contributed by atoms with Crippen molar-refractivity contribution in [1.29, 1.82) is 0 Å². The van der Waals surface area contributed by atoms with Crippen LogP contribution in [0.25, 0.3) is 0 Å². The fraction of sp³-hybridized carbons (Fsp3) is 0.667.